The lowest BCUT2D eigenvalue weighted by molar-refractivity contribution is 0.264. The molecule has 4 nitrogen and oxygen atoms in total. The molecule has 0 saturated carbocycles. The molecule has 1 aromatic rings. The van der Waals surface area contributed by atoms with Crippen molar-refractivity contribution in [1.82, 2.24) is 9.55 Å². The van der Waals surface area contributed by atoms with E-state index < -0.39 is 0 Å². The summed E-state index contributed by atoms with van der Waals surface area (Å²) >= 11 is 0. The first kappa shape index (κ1) is 8.23. The van der Waals surface area contributed by atoms with Gasteiger partial charge in [-0.1, -0.05) is 0 Å². The highest BCUT2D eigenvalue weighted by Crippen LogP contribution is 1.98. The molecule has 1 atom stereocenters. The van der Waals surface area contributed by atoms with Crippen molar-refractivity contribution in [2.45, 2.75) is 12.5 Å². The average Bonchev–Trinajstić information content (AvgIpc) is 2.37. The van der Waals surface area contributed by atoms with Crippen LogP contribution in [-0.2, 0) is 13.5 Å². The first-order valence-corrected chi connectivity index (χ1v) is 3.55. The van der Waals surface area contributed by atoms with E-state index in [0.29, 0.717) is 6.42 Å². The van der Waals surface area contributed by atoms with Crippen molar-refractivity contribution in [3.63, 3.8) is 0 Å². The lowest BCUT2D eigenvalue weighted by Crippen LogP contribution is -2.27. The van der Waals surface area contributed by atoms with Gasteiger partial charge < -0.3 is 15.4 Å². The molecule has 0 amide bonds. The minimum absolute atomic E-state index is 0.0190. The van der Waals surface area contributed by atoms with Gasteiger partial charge in [-0.15, -0.1) is 0 Å². The zero-order chi connectivity index (χ0) is 8.27. The Bertz CT molecular complexity index is 221. The number of nitrogens with two attached hydrogens (primary N) is 1. The minimum atomic E-state index is -0.176. The number of aromatic nitrogens is 2. The molecule has 0 radical (unpaired) electrons. The molecule has 0 aliphatic carbocycles. The van der Waals surface area contributed by atoms with Crippen molar-refractivity contribution in [3.05, 3.63) is 18.2 Å². The van der Waals surface area contributed by atoms with Gasteiger partial charge in [0, 0.05) is 31.4 Å². The maximum absolute atomic E-state index is 8.67. The molecule has 4 heteroatoms. The smallest absolute Gasteiger partial charge is 0.0945 e. The fraction of sp³-hybridized carbons (Fsp3) is 0.571. The summed E-state index contributed by atoms with van der Waals surface area (Å²) in [6.07, 6.45) is 4.15. The summed E-state index contributed by atoms with van der Waals surface area (Å²) in [6.45, 7) is 0.0190. The van der Waals surface area contributed by atoms with Crippen LogP contribution in [0.1, 0.15) is 5.69 Å². The second-order valence-electron chi connectivity index (χ2n) is 2.64. The van der Waals surface area contributed by atoms with Crippen molar-refractivity contribution in [1.29, 1.82) is 0 Å². The molecule has 0 aliphatic heterocycles. The molecule has 0 aliphatic rings. The van der Waals surface area contributed by atoms with Crippen LogP contribution >= 0.6 is 0 Å². The van der Waals surface area contributed by atoms with Gasteiger partial charge in [0.15, 0.2) is 0 Å². The van der Waals surface area contributed by atoms with Crippen molar-refractivity contribution < 1.29 is 5.11 Å². The molecule has 0 saturated heterocycles. The van der Waals surface area contributed by atoms with E-state index in [-0.39, 0.29) is 12.6 Å². The maximum atomic E-state index is 8.67. The normalized spacial score (nSPS) is 13.4. The number of rotatable bonds is 3. The highest BCUT2D eigenvalue weighted by atomic mass is 16.3. The number of aryl methyl sites for hydroxylation is 1. The van der Waals surface area contributed by atoms with Crippen LogP contribution in [0.25, 0.3) is 0 Å². The van der Waals surface area contributed by atoms with E-state index in [1.807, 2.05) is 11.6 Å². The molecule has 0 bridgehead atoms. The average molecular weight is 155 g/mol. The van der Waals surface area contributed by atoms with Crippen LogP contribution < -0.4 is 5.73 Å². The van der Waals surface area contributed by atoms with Crippen LogP contribution in [0.15, 0.2) is 12.5 Å². The second-order valence-corrected chi connectivity index (χ2v) is 2.64. The predicted octanol–water partition coefficient (Wildman–Crippen LogP) is -0.718. The monoisotopic (exact) mass is 155 g/mol. The van der Waals surface area contributed by atoms with E-state index in [9.17, 15) is 0 Å². The Morgan fingerprint density at radius 2 is 2.55 bits per heavy atom. The van der Waals surface area contributed by atoms with Gasteiger partial charge in [-0.2, -0.15) is 0 Å². The fourth-order valence-electron chi connectivity index (χ4n) is 0.914. The molecule has 62 valence electrons. The first-order chi connectivity index (χ1) is 5.24. The summed E-state index contributed by atoms with van der Waals surface area (Å²) < 4.78 is 1.90. The summed E-state index contributed by atoms with van der Waals surface area (Å²) in [5, 5.41) is 8.67. The van der Waals surface area contributed by atoms with Crippen molar-refractivity contribution in [3.8, 4) is 0 Å². The van der Waals surface area contributed by atoms with E-state index in [0.717, 1.165) is 5.69 Å². The molecular formula is C7H13N3O. The van der Waals surface area contributed by atoms with Crippen molar-refractivity contribution in [2.75, 3.05) is 6.61 Å². The molecule has 1 aromatic heterocycles. The lowest BCUT2D eigenvalue weighted by atomic mass is 10.2. The number of aliphatic hydroxyl groups is 1. The van der Waals surface area contributed by atoms with E-state index >= 15 is 0 Å². The summed E-state index contributed by atoms with van der Waals surface area (Å²) in [6, 6.07) is -0.176. The Hall–Kier alpha value is -0.870. The Morgan fingerprint density at radius 1 is 1.82 bits per heavy atom. The Labute approximate surface area is 65.7 Å². The van der Waals surface area contributed by atoms with Crippen LogP contribution in [0, 0.1) is 0 Å². The van der Waals surface area contributed by atoms with E-state index in [4.69, 9.17) is 10.8 Å². The highest BCUT2D eigenvalue weighted by Gasteiger charge is 2.04. The molecule has 1 heterocycles. The van der Waals surface area contributed by atoms with Gasteiger partial charge in [0.05, 0.1) is 12.9 Å². The topological polar surface area (TPSA) is 64.1 Å². The molecular weight excluding hydrogens is 142 g/mol. The molecule has 3 N–H and O–H groups in total. The Morgan fingerprint density at radius 3 is 3.00 bits per heavy atom. The van der Waals surface area contributed by atoms with Gasteiger partial charge >= 0.3 is 0 Å². The largest absolute Gasteiger partial charge is 0.395 e. The van der Waals surface area contributed by atoms with Gasteiger partial charge in [0.2, 0.25) is 0 Å². The Balaban J connectivity index is 2.56. The number of nitrogens with zero attached hydrogens (tertiary/aromatic N) is 2. The predicted molar refractivity (Wildman–Crippen MR) is 42.0 cm³/mol. The van der Waals surface area contributed by atoms with Gasteiger partial charge in [-0.05, 0) is 0 Å². The SMILES string of the molecule is Cn1cncc1C[C@H](N)CO. The zero-order valence-corrected chi connectivity index (χ0v) is 6.57. The van der Waals surface area contributed by atoms with Gasteiger partial charge in [0.25, 0.3) is 0 Å². The zero-order valence-electron chi connectivity index (χ0n) is 6.57. The first-order valence-electron chi connectivity index (χ1n) is 3.55. The van der Waals surface area contributed by atoms with Gasteiger partial charge in [-0.25, -0.2) is 4.98 Å². The van der Waals surface area contributed by atoms with Crippen LogP contribution in [0.3, 0.4) is 0 Å². The van der Waals surface area contributed by atoms with Crippen LogP contribution in [0.2, 0.25) is 0 Å². The summed E-state index contributed by atoms with van der Waals surface area (Å²) in [5.41, 5.74) is 6.59. The number of aliphatic hydroxyl groups excluding tert-OH is 1. The lowest BCUT2D eigenvalue weighted by Gasteiger charge is -2.07. The minimum Gasteiger partial charge on any atom is -0.395 e. The van der Waals surface area contributed by atoms with E-state index in [1.165, 1.54) is 0 Å². The van der Waals surface area contributed by atoms with Gasteiger partial charge in [-0.3, -0.25) is 0 Å². The molecule has 0 spiro atoms. The van der Waals surface area contributed by atoms with E-state index in [1.54, 1.807) is 12.5 Å². The third-order valence-corrected chi connectivity index (χ3v) is 1.62. The highest BCUT2D eigenvalue weighted by molar-refractivity contribution is 4.99. The maximum Gasteiger partial charge on any atom is 0.0945 e. The van der Waals surface area contributed by atoms with Gasteiger partial charge in [0.1, 0.15) is 0 Å². The van der Waals surface area contributed by atoms with Crippen LogP contribution in [-0.4, -0.2) is 27.3 Å². The number of hydrogen-bond acceptors (Lipinski definition) is 3. The standard InChI is InChI=1S/C7H13N3O/c1-10-5-9-3-7(10)2-6(8)4-11/h3,5-6,11H,2,4,8H2,1H3/t6-/m0/s1. The fourth-order valence-corrected chi connectivity index (χ4v) is 0.914. The van der Waals surface area contributed by atoms with Crippen molar-refractivity contribution in [2.24, 2.45) is 12.8 Å². The third-order valence-electron chi connectivity index (χ3n) is 1.62. The van der Waals surface area contributed by atoms with Crippen LogP contribution in [0.5, 0.6) is 0 Å². The second kappa shape index (κ2) is 3.50. The summed E-state index contributed by atoms with van der Waals surface area (Å²) in [7, 11) is 1.91. The number of hydrogen-bond donors (Lipinski definition) is 2. The Kier molecular flexibility index (Phi) is 2.62. The summed E-state index contributed by atoms with van der Waals surface area (Å²) in [4.78, 5) is 3.93. The summed E-state index contributed by atoms with van der Waals surface area (Å²) in [5.74, 6) is 0. The molecule has 1 rings (SSSR count). The molecule has 0 unspecified atom stereocenters. The van der Waals surface area contributed by atoms with Crippen molar-refractivity contribution >= 4 is 0 Å². The molecule has 11 heavy (non-hydrogen) atoms. The quantitative estimate of drug-likeness (QED) is 0.605. The third kappa shape index (κ3) is 2.03. The van der Waals surface area contributed by atoms with E-state index in [2.05, 4.69) is 4.98 Å². The molecule has 0 aromatic carbocycles. The molecule has 0 fully saturated rings. The van der Waals surface area contributed by atoms with Crippen LogP contribution in [0.4, 0.5) is 0 Å². The number of imidazole rings is 1.